The van der Waals surface area contributed by atoms with E-state index in [0.717, 1.165) is 18.5 Å². The number of nitrogens with one attached hydrogen (secondary N) is 1. The van der Waals surface area contributed by atoms with Gasteiger partial charge in [-0.25, -0.2) is 0 Å². The van der Waals surface area contributed by atoms with Crippen LogP contribution in [0.25, 0.3) is 0 Å². The van der Waals surface area contributed by atoms with Crippen LogP contribution in [0.1, 0.15) is 18.9 Å². The van der Waals surface area contributed by atoms with Crippen molar-refractivity contribution in [2.24, 2.45) is 0 Å². The van der Waals surface area contributed by atoms with Crippen molar-refractivity contribution >= 4 is 23.2 Å². The number of hydrogen-bond acceptors (Lipinski definition) is 3. The molecule has 0 aliphatic heterocycles. The molecular formula is C20H25ClN2O2. The van der Waals surface area contributed by atoms with Crippen LogP contribution in [0.2, 0.25) is 5.02 Å². The fraction of sp³-hybridized carbons (Fsp3) is 0.350. The van der Waals surface area contributed by atoms with Gasteiger partial charge in [-0.2, -0.15) is 0 Å². The van der Waals surface area contributed by atoms with E-state index in [0.29, 0.717) is 17.3 Å². The quantitative estimate of drug-likeness (QED) is 0.722. The molecule has 2 rings (SSSR count). The van der Waals surface area contributed by atoms with Crippen LogP contribution in [-0.4, -0.2) is 32.1 Å². The number of hydrogen-bond donors (Lipinski definition) is 1. The Kier molecular flexibility index (Phi) is 7.14. The molecule has 0 heterocycles. The van der Waals surface area contributed by atoms with Crippen molar-refractivity contribution in [1.82, 2.24) is 5.32 Å². The van der Waals surface area contributed by atoms with Gasteiger partial charge in [0.05, 0.1) is 0 Å². The summed E-state index contributed by atoms with van der Waals surface area (Å²) in [4.78, 5) is 14.3. The number of anilines is 1. The lowest BCUT2D eigenvalue weighted by Crippen LogP contribution is -2.37. The Labute approximate surface area is 154 Å². The minimum absolute atomic E-state index is 0.116. The van der Waals surface area contributed by atoms with Gasteiger partial charge in [0.15, 0.2) is 6.10 Å². The average molecular weight is 361 g/mol. The van der Waals surface area contributed by atoms with Gasteiger partial charge in [0.25, 0.3) is 5.91 Å². The number of nitrogens with zero attached hydrogens (tertiary/aromatic N) is 1. The van der Waals surface area contributed by atoms with Crippen LogP contribution in [0.3, 0.4) is 0 Å². The predicted molar refractivity (Wildman–Crippen MR) is 104 cm³/mol. The standard InChI is InChI=1S/C20H25ClN2O2/c1-15-14-18(10-11-19(15)21)25-16(2)20(24)22-12-7-13-23(3)17-8-5-4-6-9-17/h4-6,8-11,14,16H,7,12-13H2,1-3H3,(H,22,24)/t16-/m1/s1. The summed E-state index contributed by atoms with van der Waals surface area (Å²) in [5, 5.41) is 3.61. The first-order chi connectivity index (χ1) is 12.0. The van der Waals surface area contributed by atoms with E-state index in [1.165, 1.54) is 5.69 Å². The largest absolute Gasteiger partial charge is 0.481 e. The summed E-state index contributed by atoms with van der Waals surface area (Å²) >= 11 is 6.00. The average Bonchev–Trinajstić information content (AvgIpc) is 2.62. The van der Waals surface area contributed by atoms with Crippen LogP contribution in [0.4, 0.5) is 5.69 Å². The normalized spacial score (nSPS) is 11.7. The van der Waals surface area contributed by atoms with Gasteiger partial charge in [0, 0.05) is 30.8 Å². The molecule has 0 aliphatic carbocycles. The molecule has 4 nitrogen and oxygen atoms in total. The molecule has 134 valence electrons. The fourth-order valence-electron chi connectivity index (χ4n) is 2.43. The summed E-state index contributed by atoms with van der Waals surface area (Å²) in [7, 11) is 2.05. The lowest BCUT2D eigenvalue weighted by molar-refractivity contribution is -0.127. The van der Waals surface area contributed by atoms with Gasteiger partial charge in [-0.1, -0.05) is 29.8 Å². The van der Waals surface area contributed by atoms with E-state index in [4.69, 9.17) is 16.3 Å². The van der Waals surface area contributed by atoms with Gasteiger partial charge in [0.2, 0.25) is 0 Å². The number of amides is 1. The van der Waals surface area contributed by atoms with E-state index in [1.54, 1.807) is 19.1 Å². The molecule has 25 heavy (non-hydrogen) atoms. The maximum absolute atomic E-state index is 12.1. The van der Waals surface area contributed by atoms with Gasteiger partial charge < -0.3 is 15.0 Å². The van der Waals surface area contributed by atoms with Crippen LogP contribution in [-0.2, 0) is 4.79 Å². The van der Waals surface area contributed by atoms with Gasteiger partial charge in [-0.3, -0.25) is 4.79 Å². The summed E-state index contributed by atoms with van der Waals surface area (Å²) in [6.07, 6.45) is 0.316. The van der Waals surface area contributed by atoms with Gasteiger partial charge in [-0.05, 0) is 56.2 Å². The number of ether oxygens (including phenoxy) is 1. The van der Waals surface area contributed by atoms with E-state index in [1.807, 2.05) is 38.2 Å². The van der Waals surface area contributed by atoms with Crippen molar-refractivity contribution in [3.63, 3.8) is 0 Å². The molecule has 5 heteroatoms. The Morgan fingerprint density at radius 1 is 1.24 bits per heavy atom. The number of para-hydroxylation sites is 1. The second kappa shape index (κ2) is 9.33. The highest BCUT2D eigenvalue weighted by atomic mass is 35.5. The van der Waals surface area contributed by atoms with Gasteiger partial charge in [0.1, 0.15) is 5.75 Å². The zero-order valence-corrected chi connectivity index (χ0v) is 15.7. The minimum atomic E-state index is -0.549. The fourth-order valence-corrected chi connectivity index (χ4v) is 2.55. The molecule has 2 aromatic rings. The third-order valence-corrected chi connectivity index (χ3v) is 4.40. The molecule has 0 saturated heterocycles. The first-order valence-corrected chi connectivity index (χ1v) is 8.82. The Hall–Kier alpha value is -2.20. The summed E-state index contributed by atoms with van der Waals surface area (Å²) < 4.78 is 5.68. The second-order valence-electron chi connectivity index (χ2n) is 6.07. The number of halogens is 1. The Balaban J connectivity index is 1.71. The topological polar surface area (TPSA) is 41.6 Å². The van der Waals surface area contributed by atoms with E-state index < -0.39 is 6.10 Å². The summed E-state index contributed by atoms with van der Waals surface area (Å²) in [6, 6.07) is 15.6. The number of benzene rings is 2. The highest BCUT2D eigenvalue weighted by Gasteiger charge is 2.14. The summed E-state index contributed by atoms with van der Waals surface area (Å²) in [5.74, 6) is 0.531. The first kappa shape index (κ1) is 19.1. The Morgan fingerprint density at radius 2 is 1.96 bits per heavy atom. The van der Waals surface area contributed by atoms with Crippen molar-refractivity contribution < 1.29 is 9.53 Å². The summed E-state index contributed by atoms with van der Waals surface area (Å²) in [5.41, 5.74) is 2.10. The molecule has 0 fully saturated rings. The molecule has 0 radical (unpaired) electrons. The number of rotatable bonds is 8. The highest BCUT2D eigenvalue weighted by molar-refractivity contribution is 6.31. The zero-order valence-electron chi connectivity index (χ0n) is 15.0. The predicted octanol–water partition coefficient (Wildman–Crippen LogP) is 4.06. The smallest absolute Gasteiger partial charge is 0.260 e. The van der Waals surface area contributed by atoms with E-state index in [-0.39, 0.29) is 5.91 Å². The lowest BCUT2D eigenvalue weighted by atomic mass is 10.2. The number of carbonyl (C=O) groups is 1. The molecule has 0 bridgehead atoms. The molecule has 0 aliphatic rings. The van der Waals surface area contributed by atoms with Crippen LogP contribution in [0.15, 0.2) is 48.5 Å². The maximum atomic E-state index is 12.1. The van der Waals surface area contributed by atoms with Gasteiger partial charge >= 0.3 is 0 Å². The molecule has 0 aromatic heterocycles. The van der Waals surface area contributed by atoms with Crippen LogP contribution in [0, 0.1) is 6.92 Å². The van der Waals surface area contributed by atoms with Crippen molar-refractivity contribution in [3.05, 3.63) is 59.1 Å². The minimum Gasteiger partial charge on any atom is -0.481 e. The van der Waals surface area contributed by atoms with Crippen molar-refractivity contribution in [2.45, 2.75) is 26.4 Å². The van der Waals surface area contributed by atoms with E-state index >= 15 is 0 Å². The Bertz CT molecular complexity index is 691. The lowest BCUT2D eigenvalue weighted by Gasteiger charge is -2.20. The van der Waals surface area contributed by atoms with Crippen molar-refractivity contribution in [1.29, 1.82) is 0 Å². The zero-order chi connectivity index (χ0) is 18.2. The maximum Gasteiger partial charge on any atom is 0.260 e. The summed E-state index contributed by atoms with van der Waals surface area (Å²) in [6.45, 7) is 5.14. The molecule has 1 atom stereocenters. The molecule has 0 unspecified atom stereocenters. The molecule has 2 aromatic carbocycles. The second-order valence-corrected chi connectivity index (χ2v) is 6.48. The van der Waals surface area contributed by atoms with Crippen molar-refractivity contribution in [2.75, 3.05) is 25.0 Å². The monoisotopic (exact) mass is 360 g/mol. The van der Waals surface area contributed by atoms with Crippen molar-refractivity contribution in [3.8, 4) is 5.75 Å². The number of carbonyl (C=O) groups excluding carboxylic acids is 1. The molecule has 0 saturated carbocycles. The SMILES string of the molecule is Cc1cc(O[C@H](C)C(=O)NCCCN(C)c2ccccc2)ccc1Cl. The molecule has 1 amide bonds. The molecule has 0 spiro atoms. The van der Waals surface area contributed by atoms with E-state index in [9.17, 15) is 4.79 Å². The van der Waals surface area contributed by atoms with Crippen LogP contribution >= 0.6 is 11.6 Å². The Morgan fingerprint density at radius 3 is 2.64 bits per heavy atom. The van der Waals surface area contributed by atoms with Crippen LogP contribution in [0.5, 0.6) is 5.75 Å². The molecular weight excluding hydrogens is 336 g/mol. The first-order valence-electron chi connectivity index (χ1n) is 8.44. The molecule has 1 N–H and O–H groups in total. The van der Waals surface area contributed by atoms with Gasteiger partial charge in [-0.15, -0.1) is 0 Å². The van der Waals surface area contributed by atoms with E-state index in [2.05, 4.69) is 22.3 Å². The number of aryl methyl sites for hydroxylation is 1. The third kappa shape index (κ3) is 5.98. The van der Waals surface area contributed by atoms with Crippen LogP contribution < -0.4 is 15.0 Å². The third-order valence-electron chi connectivity index (χ3n) is 3.98. The highest BCUT2D eigenvalue weighted by Crippen LogP contribution is 2.21.